The summed E-state index contributed by atoms with van der Waals surface area (Å²) < 4.78 is 46.7. The molecular formula is C7H4Cl2F2O2S. The summed E-state index contributed by atoms with van der Waals surface area (Å²) in [6.07, 6.45) is 0. The molecular weight excluding hydrogens is 257 g/mol. The van der Waals surface area contributed by atoms with Crippen molar-refractivity contribution >= 4 is 31.3 Å². The van der Waals surface area contributed by atoms with Gasteiger partial charge in [-0.2, -0.15) is 0 Å². The Bertz CT molecular complexity index is 459. The van der Waals surface area contributed by atoms with E-state index in [0.29, 0.717) is 6.07 Å². The van der Waals surface area contributed by atoms with Crippen LogP contribution in [-0.4, -0.2) is 8.42 Å². The zero-order valence-corrected chi connectivity index (χ0v) is 8.93. The number of hydrogen-bond donors (Lipinski definition) is 0. The minimum Gasteiger partial charge on any atom is -0.212 e. The van der Waals surface area contributed by atoms with Crippen LogP contribution in [-0.2, 0) is 14.8 Å². The highest BCUT2D eigenvalue weighted by molar-refractivity contribution is 8.13. The molecule has 0 radical (unpaired) electrons. The fraction of sp³-hybridized carbons (Fsp3) is 0.143. The molecule has 14 heavy (non-hydrogen) atoms. The topological polar surface area (TPSA) is 34.1 Å². The van der Waals surface area contributed by atoms with Crippen LogP contribution >= 0.6 is 22.3 Å². The first-order valence-electron chi connectivity index (χ1n) is 3.35. The van der Waals surface area contributed by atoms with E-state index in [4.69, 9.17) is 22.3 Å². The molecule has 7 heteroatoms. The third-order valence-electron chi connectivity index (χ3n) is 1.40. The van der Waals surface area contributed by atoms with Crippen LogP contribution in [0.15, 0.2) is 12.1 Å². The summed E-state index contributed by atoms with van der Waals surface area (Å²) in [4.78, 5) is 0. The lowest BCUT2D eigenvalue weighted by Gasteiger charge is -2.02. The van der Waals surface area contributed by atoms with Crippen molar-refractivity contribution in [1.82, 2.24) is 0 Å². The molecule has 1 rings (SSSR count). The Morgan fingerprint density at radius 3 is 2.36 bits per heavy atom. The summed E-state index contributed by atoms with van der Waals surface area (Å²) in [5.41, 5.74) is -0.195. The zero-order chi connectivity index (χ0) is 10.9. The van der Waals surface area contributed by atoms with Crippen LogP contribution in [0.25, 0.3) is 0 Å². The number of benzene rings is 1. The van der Waals surface area contributed by atoms with Gasteiger partial charge in [0.2, 0.25) is 9.05 Å². The van der Waals surface area contributed by atoms with E-state index in [9.17, 15) is 17.2 Å². The molecule has 0 bridgehead atoms. The lowest BCUT2D eigenvalue weighted by molar-refractivity contribution is 0.580. The molecule has 0 unspecified atom stereocenters. The molecule has 1 aromatic rings. The number of halogens is 4. The summed E-state index contributed by atoms with van der Waals surface area (Å²) in [7, 11) is 1.03. The Morgan fingerprint density at radius 2 is 1.86 bits per heavy atom. The molecule has 1 aromatic carbocycles. The Balaban J connectivity index is 3.22. The third kappa shape index (κ3) is 3.08. The molecule has 2 nitrogen and oxygen atoms in total. The highest BCUT2D eigenvalue weighted by Crippen LogP contribution is 2.24. The Morgan fingerprint density at radius 1 is 1.29 bits per heavy atom. The van der Waals surface area contributed by atoms with Crippen molar-refractivity contribution in [3.8, 4) is 0 Å². The third-order valence-corrected chi connectivity index (χ3v) is 2.80. The van der Waals surface area contributed by atoms with Gasteiger partial charge < -0.3 is 0 Å². The predicted molar refractivity (Wildman–Crippen MR) is 49.8 cm³/mol. The molecule has 0 fully saturated rings. The van der Waals surface area contributed by atoms with E-state index in [1.807, 2.05) is 0 Å². The second-order valence-electron chi connectivity index (χ2n) is 2.54. The van der Waals surface area contributed by atoms with Gasteiger partial charge in [0.25, 0.3) is 0 Å². The Labute approximate surface area is 88.9 Å². The predicted octanol–water partition coefficient (Wildman–Crippen LogP) is 2.69. The van der Waals surface area contributed by atoms with Gasteiger partial charge in [-0.15, -0.1) is 0 Å². The highest BCUT2D eigenvalue weighted by Gasteiger charge is 2.14. The van der Waals surface area contributed by atoms with E-state index >= 15 is 0 Å². The van der Waals surface area contributed by atoms with Gasteiger partial charge >= 0.3 is 0 Å². The van der Waals surface area contributed by atoms with Gasteiger partial charge in [-0.1, -0.05) is 11.6 Å². The maximum Gasteiger partial charge on any atom is 0.236 e. The summed E-state index contributed by atoms with van der Waals surface area (Å²) in [6.45, 7) is 0. The molecule has 0 atom stereocenters. The van der Waals surface area contributed by atoms with E-state index in [-0.39, 0.29) is 5.56 Å². The van der Waals surface area contributed by atoms with Gasteiger partial charge in [0.1, 0.15) is 11.6 Å². The van der Waals surface area contributed by atoms with Gasteiger partial charge in [0.05, 0.1) is 10.8 Å². The fourth-order valence-electron chi connectivity index (χ4n) is 0.900. The summed E-state index contributed by atoms with van der Waals surface area (Å²) >= 11 is 5.41. The molecule has 0 aromatic heterocycles. The maximum atomic E-state index is 12.8. The first kappa shape index (κ1) is 11.7. The second-order valence-corrected chi connectivity index (χ2v) is 5.70. The molecule has 0 amide bonds. The van der Waals surface area contributed by atoms with Crippen molar-refractivity contribution < 1.29 is 17.2 Å². The highest BCUT2D eigenvalue weighted by atomic mass is 35.7. The van der Waals surface area contributed by atoms with Gasteiger partial charge in [0, 0.05) is 16.7 Å². The van der Waals surface area contributed by atoms with E-state index in [0.717, 1.165) is 6.07 Å². The summed E-state index contributed by atoms with van der Waals surface area (Å²) in [6, 6.07) is 1.39. The van der Waals surface area contributed by atoms with Crippen LogP contribution in [0.1, 0.15) is 5.56 Å². The van der Waals surface area contributed by atoms with Crippen molar-refractivity contribution in [2.24, 2.45) is 0 Å². The summed E-state index contributed by atoms with van der Waals surface area (Å²) in [5.74, 6) is -2.62. The lowest BCUT2D eigenvalue weighted by atomic mass is 10.2. The molecule has 0 saturated carbocycles. The van der Waals surface area contributed by atoms with Crippen molar-refractivity contribution in [2.75, 3.05) is 0 Å². The first-order chi connectivity index (χ1) is 6.29. The zero-order valence-electron chi connectivity index (χ0n) is 6.60. The molecule has 0 aliphatic rings. The second kappa shape index (κ2) is 4.00. The van der Waals surface area contributed by atoms with Gasteiger partial charge in [0.15, 0.2) is 0 Å². The molecule has 0 N–H and O–H groups in total. The molecule has 0 heterocycles. The van der Waals surface area contributed by atoms with Crippen molar-refractivity contribution in [1.29, 1.82) is 0 Å². The minimum atomic E-state index is -3.88. The van der Waals surface area contributed by atoms with E-state index < -0.39 is 31.5 Å². The van der Waals surface area contributed by atoms with Crippen molar-refractivity contribution in [3.05, 3.63) is 34.4 Å². The maximum absolute atomic E-state index is 12.8. The van der Waals surface area contributed by atoms with Gasteiger partial charge in [-0.05, 0) is 11.6 Å². The quantitative estimate of drug-likeness (QED) is 0.605. The molecule has 0 saturated heterocycles. The molecule has 0 aliphatic heterocycles. The Kier molecular flexibility index (Phi) is 3.34. The monoisotopic (exact) mass is 260 g/mol. The Hall–Kier alpha value is -0.390. The van der Waals surface area contributed by atoms with Crippen molar-refractivity contribution in [3.63, 3.8) is 0 Å². The van der Waals surface area contributed by atoms with Gasteiger partial charge in [-0.25, -0.2) is 17.2 Å². The number of hydrogen-bond acceptors (Lipinski definition) is 2. The smallest absolute Gasteiger partial charge is 0.212 e. The average Bonchev–Trinajstić information content (AvgIpc) is 1.96. The lowest BCUT2D eigenvalue weighted by Crippen LogP contribution is -1.98. The van der Waals surface area contributed by atoms with Crippen molar-refractivity contribution in [2.45, 2.75) is 5.75 Å². The van der Waals surface area contributed by atoms with Crippen LogP contribution in [0, 0.1) is 11.6 Å². The van der Waals surface area contributed by atoms with Gasteiger partial charge in [-0.3, -0.25) is 0 Å². The number of rotatable bonds is 2. The fourth-order valence-corrected chi connectivity index (χ4v) is 2.11. The van der Waals surface area contributed by atoms with Crippen LogP contribution < -0.4 is 0 Å². The largest absolute Gasteiger partial charge is 0.236 e. The molecule has 78 valence electrons. The van der Waals surface area contributed by atoms with E-state index in [2.05, 4.69) is 0 Å². The van der Waals surface area contributed by atoms with E-state index in [1.165, 1.54) is 0 Å². The van der Waals surface area contributed by atoms with Crippen LogP contribution in [0.5, 0.6) is 0 Å². The van der Waals surface area contributed by atoms with E-state index in [1.54, 1.807) is 0 Å². The van der Waals surface area contributed by atoms with Crippen LogP contribution in [0.3, 0.4) is 0 Å². The molecule has 0 aliphatic carbocycles. The minimum absolute atomic E-state index is 0.195. The summed E-state index contributed by atoms with van der Waals surface area (Å²) in [5, 5.41) is -0.435. The molecule has 0 spiro atoms. The van der Waals surface area contributed by atoms with Crippen LogP contribution in [0.2, 0.25) is 5.02 Å². The average molecular weight is 261 g/mol. The SMILES string of the molecule is O=S(=O)(Cl)Cc1cc(F)cc(F)c1Cl. The standard InChI is InChI=1S/C7H4Cl2F2O2S/c8-7-4(3-14(9,12)13)1-5(10)2-6(7)11/h1-2H,3H2. The van der Waals surface area contributed by atoms with Crippen LogP contribution in [0.4, 0.5) is 8.78 Å². The normalized spacial score (nSPS) is 11.7. The first-order valence-corrected chi connectivity index (χ1v) is 6.21.